The minimum absolute atomic E-state index is 0.0367. The summed E-state index contributed by atoms with van der Waals surface area (Å²) in [5.41, 5.74) is 3.11. The lowest BCUT2D eigenvalue weighted by atomic mass is 9.89. The van der Waals surface area contributed by atoms with Gasteiger partial charge in [0.25, 0.3) is 5.91 Å². The van der Waals surface area contributed by atoms with Crippen LogP contribution in [-0.2, 0) is 14.4 Å². The van der Waals surface area contributed by atoms with Crippen molar-refractivity contribution in [2.75, 3.05) is 29.9 Å². The summed E-state index contributed by atoms with van der Waals surface area (Å²) in [6.07, 6.45) is -4.14. The van der Waals surface area contributed by atoms with Gasteiger partial charge in [0.15, 0.2) is 0 Å². The van der Waals surface area contributed by atoms with Gasteiger partial charge in [0.2, 0.25) is 6.17 Å². The number of benzodiazepines with no additional fused rings is 1. The van der Waals surface area contributed by atoms with Gasteiger partial charge in [-0.2, -0.15) is 13.2 Å². The van der Waals surface area contributed by atoms with Gasteiger partial charge in [0.05, 0.1) is 5.69 Å². The number of piperidine rings is 1. The fourth-order valence-electron chi connectivity index (χ4n) is 4.74. The van der Waals surface area contributed by atoms with Crippen molar-refractivity contribution in [1.82, 2.24) is 10.4 Å². The highest BCUT2D eigenvalue weighted by molar-refractivity contribution is 6.07. The molecule has 12 heteroatoms. The molecule has 0 radical (unpaired) electrons. The average Bonchev–Trinajstić information content (AvgIpc) is 3.03. The Hall–Kier alpha value is -3.93. The van der Waals surface area contributed by atoms with Crippen LogP contribution in [0.4, 0.5) is 29.3 Å². The lowest BCUT2D eigenvalue weighted by Crippen LogP contribution is -2.53. The monoisotopic (exact) mass is 559 g/mol. The van der Waals surface area contributed by atoms with E-state index in [1.54, 1.807) is 31.2 Å². The molecule has 1 atom stereocenters. The maximum absolute atomic E-state index is 13.9. The summed E-state index contributed by atoms with van der Waals surface area (Å²) in [6.45, 7) is 7.47. The number of hydrogen-bond donors (Lipinski definition) is 2. The summed E-state index contributed by atoms with van der Waals surface area (Å²) in [7, 11) is 0. The molecule has 0 spiro atoms. The SMILES string of the molecule is Cc1cccc(NC(=O)N(OC(=O)C(F)(F)F)C2N=Cc3ccc(C4CCNCC4)cc3N(CC(C)C)C2=O)c1. The summed E-state index contributed by atoms with van der Waals surface area (Å²) in [6, 6.07) is 10.9. The number of fused-ring (bicyclic) bond motifs is 1. The molecule has 2 aliphatic heterocycles. The minimum atomic E-state index is -5.41. The molecule has 1 saturated heterocycles. The number of halogens is 3. The standard InChI is InChI=1S/C28H32F3N5O4/c1-17(2)16-35-23-14-20(19-9-11-32-12-10-19)7-8-21(23)15-33-24(25(35)37)36(40-26(38)28(29,30)31)27(39)34-22-6-4-5-18(3)13-22/h4-8,13-15,17,19,24,32H,9-12,16H2,1-3H3,(H,34,39). The molecule has 0 aliphatic carbocycles. The van der Waals surface area contributed by atoms with Crippen LogP contribution >= 0.6 is 0 Å². The highest BCUT2D eigenvalue weighted by Gasteiger charge is 2.47. The molecule has 0 aromatic heterocycles. The number of anilines is 2. The first kappa shape index (κ1) is 29.1. The Morgan fingerprint density at radius 1 is 1.18 bits per heavy atom. The van der Waals surface area contributed by atoms with Crippen LogP contribution in [0.5, 0.6) is 0 Å². The number of carbonyl (C=O) groups excluding carboxylic acids is 3. The summed E-state index contributed by atoms with van der Waals surface area (Å²) in [5.74, 6) is -3.21. The second-order valence-corrected chi connectivity index (χ2v) is 10.3. The second kappa shape index (κ2) is 12.1. The first-order valence-corrected chi connectivity index (χ1v) is 13.1. The molecule has 214 valence electrons. The van der Waals surface area contributed by atoms with Crippen molar-refractivity contribution in [3.8, 4) is 0 Å². The Balaban J connectivity index is 1.72. The highest BCUT2D eigenvalue weighted by atomic mass is 19.4. The topological polar surface area (TPSA) is 103 Å². The van der Waals surface area contributed by atoms with Crippen LogP contribution in [0.25, 0.3) is 0 Å². The molecule has 0 saturated carbocycles. The van der Waals surface area contributed by atoms with E-state index in [0.29, 0.717) is 11.3 Å². The van der Waals surface area contributed by atoms with E-state index in [2.05, 4.69) is 20.5 Å². The van der Waals surface area contributed by atoms with Gasteiger partial charge >= 0.3 is 18.2 Å². The molecule has 1 fully saturated rings. The number of hydroxylamine groups is 2. The number of rotatable bonds is 5. The average molecular weight is 560 g/mol. The molecule has 2 N–H and O–H groups in total. The smallest absolute Gasteiger partial charge is 0.325 e. The van der Waals surface area contributed by atoms with Crippen LogP contribution in [0, 0.1) is 12.8 Å². The number of nitrogens with one attached hydrogen (secondary N) is 2. The van der Waals surface area contributed by atoms with Crippen LogP contribution in [0.2, 0.25) is 0 Å². The molecule has 1 unspecified atom stereocenters. The van der Waals surface area contributed by atoms with E-state index in [9.17, 15) is 27.6 Å². The maximum atomic E-state index is 13.9. The molecular formula is C28H32F3N5O4. The quantitative estimate of drug-likeness (QED) is 0.514. The zero-order valence-electron chi connectivity index (χ0n) is 22.5. The van der Waals surface area contributed by atoms with Crippen LogP contribution in [0.15, 0.2) is 47.5 Å². The molecule has 2 aromatic carbocycles. The molecular weight excluding hydrogens is 527 g/mol. The molecule has 2 aliphatic rings. The van der Waals surface area contributed by atoms with Gasteiger partial charge in [-0.15, -0.1) is 5.06 Å². The fourth-order valence-corrected chi connectivity index (χ4v) is 4.74. The number of aryl methyl sites for hydroxylation is 1. The Bertz CT molecular complexity index is 1290. The summed E-state index contributed by atoms with van der Waals surface area (Å²) < 4.78 is 39.6. The molecule has 0 bridgehead atoms. The van der Waals surface area contributed by atoms with Gasteiger partial charge in [-0.1, -0.05) is 38.1 Å². The predicted molar refractivity (Wildman–Crippen MR) is 144 cm³/mol. The normalized spacial score (nSPS) is 17.8. The first-order chi connectivity index (χ1) is 18.9. The molecule has 9 nitrogen and oxygen atoms in total. The third kappa shape index (κ3) is 6.79. The number of alkyl halides is 3. The van der Waals surface area contributed by atoms with E-state index in [0.717, 1.165) is 37.1 Å². The van der Waals surface area contributed by atoms with E-state index in [1.807, 2.05) is 26.0 Å². The van der Waals surface area contributed by atoms with Gasteiger partial charge in [0, 0.05) is 24.0 Å². The van der Waals surface area contributed by atoms with Crippen LogP contribution in [0.1, 0.15) is 49.3 Å². The summed E-state index contributed by atoms with van der Waals surface area (Å²) in [4.78, 5) is 49.1. The zero-order chi connectivity index (χ0) is 29.0. The lowest BCUT2D eigenvalue weighted by molar-refractivity contribution is -0.231. The van der Waals surface area contributed by atoms with Gasteiger partial charge in [-0.05, 0) is 74.0 Å². The second-order valence-electron chi connectivity index (χ2n) is 10.3. The van der Waals surface area contributed by atoms with Gasteiger partial charge < -0.3 is 20.4 Å². The van der Waals surface area contributed by atoms with E-state index < -0.39 is 30.2 Å². The number of aliphatic imine (C=N–C) groups is 1. The number of benzene rings is 2. The van der Waals surface area contributed by atoms with Crippen LogP contribution < -0.4 is 15.5 Å². The van der Waals surface area contributed by atoms with Crippen molar-refractivity contribution in [3.05, 3.63) is 59.2 Å². The van der Waals surface area contributed by atoms with E-state index in [1.165, 1.54) is 17.2 Å². The molecule has 4 rings (SSSR count). The van der Waals surface area contributed by atoms with Gasteiger partial charge in [-0.25, -0.2) is 9.59 Å². The Morgan fingerprint density at radius 3 is 2.55 bits per heavy atom. The third-order valence-electron chi connectivity index (χ3n) is 6.65. The number of nitrogens with zero attached hydrogens (tertiary/aromatic N) is 3. The first-order valence-electron chi connectivity index (χ1n) is 13.1. The van der Waals surface area contributed by atoms with Crippen molar-refractivity contribution in [2.24, 2.45) is 10.9 Å². The van der Waals surface area contributed by atoms with Crippen molar-refractivity contribution >= 4 is 35.5 Å². The number of urea groups is 1. The maximum Gasteiger partial charge on any atom is 0.493 e. The van der Waals surface area contributed by atoms with Crippen molar-refractivity contribution in [1.29, 1.82) is 0 Å². The lowest BCUT2D eigenvalue weighted by Gasteiger charge is -2.31. The largest absolute Gasteiger partial charge is 0.493 e. The summed E-state index contributed by atoms with van der Waals surface area (Å²) >= 11 is 0. The van der Waals surface area contributed by atoms with Crippen molar-refractivity contribution < 1.29 is 32.4 Å². The Labute approximate surface area is 230 Å². The van der Waals surface area contributed by atoms with Crippen LogP contribution in [0.3, 0.4) is 0 Å². The predicted octanol–water partition coefficient (Wildman–Crippen LogP) is 4.76. The summed E-state index contributed by atoms with van der Waals surface area (Å²) in [5, 5.41) is 5.78. The van der Waals surface area contributed by atoms with Crippen molar-refractivity contribution in [3.63, 3.8) is 0 Å². The van der Waals surface area contributed by atoms with E-state index in [-0.39, 0.29) is 29.1 Å². The Morgan fingerprint density at radius 2 is 1.90 bits per heavy atom. The number of carbonyl (C=O) groups is 3. The molecule has 2 aromatic rings. The fraction of sp³-hybridized carbons (Fsp3) is 0.429. The molecule has 40 heavy (non-hydrogen) atoms. The molecule has 3 amide bonds. The molecule has 2 heterocycles. The van der Waals surface area contributed by atoms with Crippen molar-refractivity contribution in [2.45, 2.75) is 51.9 Å². The van der Waals surface area contributed by atoms with E-state index in [4.69, 9.17) is 0 Å². The van der Waals surface area contributed by atoms with Crippen LogP contribution in [-0.4, -0.2) is 61.2 Å². The Kier molecular flexibility index (Phi) is 8.77. The zero-order valence-corrected chi connectivity index (χ0v) is 22.5. The minimum Gasteiger partial charge on any atom is -0.325 e. The van der Waals surface area contributed by atoms with Gasteiger partial charge in [0.1, 0.15) is 0 Å². The third-order valence-corrected chi connectivity index (χ3v) is 6.65. The van der Waals surface area contributed by atoms with E-state index >= 15 is 0 Å². The number of amides is 3. The van der Waals surface area contributed by atoms with Gasteiger partial charge in [-0.3, -0.25) is 9.79 Å². The number of hydrogen-bond acceptors (Lipinski definition) is 6. The highest BCUT2D eigenvalue weighted by Crippen LogP contribution is 2.33.